The number of rotatable bonds is 17. The van der Waals surface area contributed by atoms with Gasteiger partial charge in [-0.1, -0.05) is 26.0 Å². The van der Waals surface area contributed by atoms with Crippen molar-refractivity contribution >= 4 is 23.6 Å². The minimum atomic E-state index is -4.95. The minimum absolute atomic E-state index is 0.0128. The Morgan fingerprint density at radius 2 is 1.77 bits per heavy atom. The molecule has 1 aromatic rings. The highest BCUT2D eigenvalue weighted by Gasteiger charge is 2.57. The molecule has 13 heteroatoms. The molecule has 224 valence electrons. The van der Waals surface area contributed by atoms with Crippen LogP contribution in [0.1, 0.15) is 50.4 Å². The van der Waals surface area contributed by atoms with Crippen molar-refractivity contribution in [2.75, 3.05) is 40.5 Å². The van der Waals surface area contributed by atoms with Crippen LogP contribution in [-0.2, 0) is 14.3 Å². The summed E-state index contributed by atoms with van der Waals surface area (Å²) in [5.41, 5.74) is 3.34. The highest BCUT2D eigenvalue weighted by molar-refractivity contribution is 6.24. The predicted molar refractivity (Wildman–Crippen MR) is 141 cm³/mol. The van der Waals surface area contributed by atoms with E-state index < -0.39 is 42.3 Å². The van der Waals surface area contributed by atoms with Gasteiger partial charge in [0, 0.05) is 51.7 Å². The Morgan fingerprint density at radius 1 is 1.15 bits per heavy atom. The number of aliphatic hydroxyl groups is 1. The fourth-order valence-electron chi connectivity index (χ4n) is 3.64. The molecule has 0 aliphatic rings. The van der Waals surface area contributed by atoms with Gasteiger partial charge in [0.15, 0.2) is 0 Å². The molecule has 0 aliphatic carbocycles. The Kier molecular flexibility index (Phi) is 14.5. The third kappa shape index (κ3) is 10.4. The van der Waals surface area contributed by atoms with Crippen LogP contribution in [0.5, 0.6) is 5.75 Å². The Morgan fingerprint density at radius 3 is 2.33 bits per heavy atom. The number of hydrogen-bond acceptors (Lipinski definition) is 7. The van der Waals surface area contributed by atoms with E-state index in [0.29, 0.717) is 31.5 Å². The molecule has 0 saturated carbocycles. The first-order valence-corrected chi connectivity index (χ1v) is 13.1. The number of aliphatic hydroxyl groups excluding tert-OH is 1. The number of nitrogens with one attached hydrogen (secondary N) is 1. The summed E-state index contributed by atoms with van der Waals surface area (Å²) in [6.07, 6.45) is -4.56. The monoisotopic (exact) mass is 583 g/mol. The lowest BCUT2D eigenvalue weighted by Gasteiger charge is -2.31. The van der Waals surface area contributed by atoms with Crippen molar-refractivity contribution in [2.45, 2.75) is 64.0 Å². The number of halogens is 4. The van der Waals surface area contributed by atoms with Gasteiger partial charge in [0.2, 0.25) is 5.60 Å². The van der Waals surface area contributed by atoms with Gasteiger partial charge in [-0.25, -0.2) is 0 Å². The fourth-order valence-corrected chi connectivity index (χ4v) is 3.91. The molecule has 0 spiro atoms. The van der Waals surface area contributed by atoms with E-state index in [9.17, 15) is 27.9 Å². The lowest BCUT2D eigenvalue weighted by Crippen LogP contribution is -2.58. The molecule has 4 N–H and O–H groups in total. The maximum absolute atomic E-state index is 13.2. The number of alkyl halides is 3. The van der Waals surface area contributed by atoms with E-state index in [2.05, 4.69) is 10.1 Å². The van der Waals surface area contributed by atoms with Crippen molar-refractivity contribution in [3.8, 4) is 5.75 Å². The number of benzene rings is 1. The van der Waals surface area contributed by atoms with Gasteiger partial charge in [-0.15, -0.1) is 0 Å². The maximum atomic E-state index is 13.2. The number of carbonyl (C=O) groups excluding carboxylic acids is 2. The predicted octanol–water partition coefficient (Wildman–Crippen LogP) is 3.52. The summed E-state index contributed by atoms with van der Waals surface area (Å²) in [5.74, 6) is -1.80. The van der Waals surface area contributed by atoms with Crippen LogP contribution in [-0.4, -0.2) is 85.8 Å². The zero-order chi connectivity index (χ0) is 29.8. The molecule has 0 aliphatic heterocycles. The third-order valence-electron chi connectivity index (χ3n) is 6.60. The van der Waals surface area contributed by atoms with Gasteiger partial charge < -0.3 is 30.4 Å². The van der Waals surface area contributed by atoms with Crippen LogP contribution in [0, 0.1) is 11.8 Å². The summed E-state index contributed by atoms with van der Waals surface area (Å²) in [4.78, 5) is 25.2. The zero-order valence-electron chi connectivity index (χ0n) is 23.1. The molecule has 0 unspecified atom stereocenters. The van der Waals surface area contributed by atoms with E-state index in [4.69, 9.17) is 27.0 Å². The van der Waals surface area contributed by atoms with Crippen LogP contribution in [0.25, 0.3) is 0 Å². The molecule has 0 radical (unpaired) electrons. The van der Waals surface area contributed by atoms with Crippen molar-refractivity contribution in [2.24, 2.45) is 17.6 Å². The average molecular weight is 584 g/mol. The molecule has 0 fully saturated rings. The number of methoxy groups -OCH3 is 2. The lowest BCUT2D eigenvalue weighted by atomic mass is 9.87. The summed E-state index contributed by atoms with van der Waals surface area (Å²) in [5, 5.41) is 12.5. The number of ether oxygens (including phenoxy) is 3. The van der Waals surface area contributed by atoms with Gasteiger partial charge in [0.25, 0.3) is 11.8 Å². The molecular formula is C26H41ClF3N3O6. The highest BCUT2D eigenvalue weighted by atomic mass is 35.5. The van der Waals surface area contributed by atoms with E-state index in [1.807, 2.05) is 13.8 Å². The summed E-state index contributed by atoms with van der Waals surface area (Å²) >= 11 is 6.38. The number of carbonyl (C=O) groups is 2. The minimum Gasteiger partial charge on any atom is -0.493 e. The molecule has 0 aromatic heterocycles. The Balaban J connectivity index is 2.78. The van der Waals surface area contributed by atoms with Crippen molar-refractivity contribution in [1.82, 2.24) is 9.74 Å². The molecule has 0 heterocycles. The average Bonchev–Trinajstić information content (AvgIpc) is 2.89. The van der Waals surface area contributed by atoms with E-state index in [-0.39, 0.29) is 24.8 Å². The van der Waals surface area contributed by atoms with Crippen LogP contribution < -0.4 is 15.8 Å². The van der Waals surface area contributed by atoms with Crippen LogP contribution in [0.4, 0.5) is 13.2 Å². The first-order chi connectivity index (χ1) is 18.2. The molecule has 2 amide bonds. The van der Waals surface area contributed by atoms with Crippen LogP contribution in [0.2, 0.25) is 0 Å². The largest absolute Gasteiger partial charge is 0.493 e. The molecule has 1 rings (SSSR count). The molecular weight excluding hydrogens is 543 g/mol. The molecule has 1 aromatic carbocycles. The summed E-state index contributed by atoms with van der Waals surface area (Å²) in [6.45, 7) is 4.97. The first kappa shape index (κ1) is 34.9. The molecule has 9 nitrogen and oxygen atoms in total. The Bertz CT molecular complexity index is 908. The van der Waals surface area contributed by atoms with Gasteiger partial charge in [0.05, 0.1) is 18.3 Å². The number of nitrogens with two attached hydrogens (primary N) is 1. The number of nitrogens with zero attached hydrogens (tertiary/aromatic N) is 1. The maximum Gasteiger partial charge on any atom is 0.426 e. The van der Waals surface area contributed by atoms with E-state index in [0.717, 1.165) is 24.4 Å². The second kappa shape index (κ2) is 16.2. The van der Waals surface area contributed by atoms with Crippen molar-refractivity contribution in [1.29, 1.82) is 0 Å². The fraction of sp³-hybridized carbons (Fsp3) is 0.692. The van der Waals surface area contributed by atoms with Crippen LogP contribution in [0.15, 0.2) is 24.3 Å². The van der Waals surface area contributed by atoms with Crippen molar-refractivity contribution < 1.29 is 42.1 Å². The van der Waals surface area contributed by atoms with Crippen LogP contribution >= 0.6 is 11.8 Å². The van der Waals surface area contributed by atoms with E-state index in [1.54, 1.807) is 31.4 Å². The quantitative estimate of drug-likeness (QED) is 0.189. The summed E-state index contributed by atoms with van der Waals surface area (Å²) in [7, 11) is 2.39. The van der Waals surface area contributed by atoms with Crippen LogP contribution in [0.3, 0.4) is 0 Å². The smallest absolute Gasteiger partial charge is 0.426 e. The van der Waals surface area contributed by atoms with Gasteiger partial charge in [-0.05, 0) is 50.2 Å². The summed E-state index contributed by atoms with van der Waals surface area (Å²) < 4.78 is 55.8. The van der Waals surface area contributed by atoms with Gasteiger partial charge in [-0.3, -0.25) is 14.0 Å². The van der Waals surface area contributed by atoms with Gasteiger partial charge in [-0.2, -0.15) is 13.2 Å². The Labute approximate surface area is 233 Å². The van der Waals surface area contributed by atoms with Gasteiger partial charge >= 0.3 is 6.18 Å². The molecule has 4 atom stereocenters. The second-order valence-corrected chi connectivity index (χ2v) is 10.2. The molecule has 0 saturated heterocycles. The molecule has 39 heavy (non-hydrogen) atoms. The topological polar surface area (TPSA) is 123 Å². The van der Waals surface area contributed by atoms with Gasteiger partial charge in [0.1, 0.15) is 5.75 Å². The summed E-state index contributed by atoms with van der Waals surface area (Å²) in [6, 6.07) is 5.82. The van der Waals surface area contributed by atoms with E-state index in [1.165, 1.54) is 0 Å². The first-order valence-electron chi connectivity index (χ1n) is 12.7. The zero-order valence-corrected chi connectivity index (χ0v) is 23.8. The highest BCUT2D eigenvalue weighted by Crippen LogP contribution is 2.33. The van der Waals surface area contributed by atoms with Crippen molar-refractivity contribution in [3.05, 3.63) is 29.8 Å². The third-order valence-corrected chi connectivity index (χ3v) is 6.89. The normalized spacial score (nSPS) is 15.8. The SMILES string of the molecule is COCCCCOc1ccccc1C(=O)N(Cl)C[C@@H](C[C@H](N)[C@@H](O)CNC(=O)[C@](C)(OC)C(F)(F)F)C(C)C. The number of hydrogen-bond donors (Lipinski definition) is 3. The number of amides is 2. The molecule has 0 bridgehead atoms. The lowest BCUT2D eigenvalue weighted by molar-refractivity contribution is -0.253. The number of para-hydroxylation sites is 1. The second-order valence-electron chi connectivity index (χ2n) is 9.81. The number of unbranched alkanes of at least 4 members (excludes halogenated alkanes) is 1. The standard InChI is InChI=1S/C26H41ClF3N3O6/c1-17(2)18(14-20(31)21(34)15-32-24(36)25(3,38-5)26(28,29)30)16-33(27)23(35)19-10-6-7-11-22(19)39-13-9-8-12-37-4/h6-7,10-11,17-18,20-21,34H,8-9,12-16,31H2,1-5H3,(H,32,36)/t18-,20+,21+,25+/m1/s1. The van der Waals surface area contributed by atoms with Crippen molar-refractivity contribution in [3.63, 3.8) is 0 Å². The Hall–Kier alpha value is -2.12. The van der Waals surface area contributed by atoms with E-state index >= 15 is 0 Å².